The van der Waals surface area contributed by atoms with Crippen LogP contribution in [0.4, 0.5) is 5.00 Å². The molecule has 4 aromatic rings. The summed E-state index contributed by atoms with van der Waals surface area (Å²) in [7, 11) is 0. The zero-order valence-corrected chi connectivity index (χ0v) is 17.1. The zero-order valence-electron chi connectivity index (χ0n) is 15.5. The Morgan fingerprint density at radius 1 is 1.14 bits per heavy atom. The SMILES string of the molecule is CSc1nsc(N/N=C/c2cn(-c3ccccc3)nc2-c2ccccc2)c1C#N. The highest BCUT2D eigenvalue weighted by Crippen LogP contribution is 2.30. The minimum atomic E-state index is 0.517. The van der Waals surface area contributed by atoms with Gasteiger partial charge in [-0.1, -0.05) is 48.5 Å². The Labute approximate surface area is 176 Å². The first kappa shape index (κ1) is 18.9. The summed E-state index contributed by atoms with van der Waals surface area (Å²) in [6, 6.07) is 22.1. The first-order valence-electron chi connectivity index (χ1n) is 8.73. The van der Waals surface area contributed by atoms with Crippen molar-refractivity contribution in [1.82, 2.24) is 14.2 Å². The van der Waals surface area contributed by atoms with Crippen LogP contribution in [0.5, 0.6) is 0 Å². The van der Waals surface area contributed by atoms with E-state index in [1.165, 1.54) is 23.3 Å². The molecule has 142 valence electrons. The fourth-order valence-corrected chi connectivity index (χ4v) is 4.18. The van der Waals surface area contributed by atoms with E-state index in [0.29, 0.717) is 15.6 Å². The van der Waals surface area contributed by atoms with E-state index in [0.717, 1.165) is 22.5 Å². The summed E-state index contributed by atoms with van der Waals surface area (Å²) < 4.78 is 6.11. The van der Waals surface area contributed by atoms with Crippen LogP contribution in [0.3, 0.4) is 0 Å². The second-order valence-corrected chi connectivity index (χ2v) is 7.53. The van der Waals surface area contributed by atoms with Gasteiger partial charge >= 0.3 is 0 Å². The molecule has 0 atom stereocenters. The topological polar surface area (TPSA) is 78.9 Å². The molecule has 0 amide bonds. The van der Waals surface area contributed by atoms with Crippen LogP contribution in [0.2, 0.25) is 0 Å². The molecule has 0 unspecified atom stereocenters. The predicted octanol–water partition coefficient (Wildman–Crippen LogP) is 5.04. The Morgan fingerprint density at radius 3 is 2.55 bits per heavy atom. The van der Waals surface area contributed by atoms with Gasteiger partial charge in [0.15, 0.2) is 0 Å². The highest BCUT2D eigenvalue weighted by Gasteiger charge is 2.13. The standard InChI is InChI=1S/C21H16N6S2/c1-28-21-18(12-22)20(29-26-21)24-23-13-16-14-27(17-10-6-3-7-11-17)25-19(16)15-8-4-2-5-9-15/h2-11,13-14,24H,1H3/b23-13+. The third kappa shape index (κ3) is 4.06. The monoisotopic (exact) mass is 416 g/mol. The quantitative estimate of drug-likeness (QED) is 0.271. The summed E-state index contributed by atoms with van der Waals surface area (Å²) >= 11 is 2.67. The van der Waals surface area contributed by atoms with Gasteiger partial charge in [0.25, 0.3) is 0 Å². The molecule has 2 aromatic heterocycles. The Balaban J connectivity index is 1.67. The smallest absolute Gasteiger partial charge is 0.148 e. The van der Waals surface area contributed by atoms with Crippen molar-refractivity contribution in [2.45, 2.75) is 5.03 Å². The maximum absolute atomic E-state index is 9.36. The van der Waals surface area contributed by atoms with E-state index in [1.807, 2.05) is 77.8 Å². The molecule has 0 bridgehead atoms. The van der Waals surface area contributed by atoms with Crippen LogP contribution in [-0.2, 0) is 0 Å². The first-order valence-corrected chi connectivity index (χ1v) is 10.7. The van der Waals surface area contributed by atoms with E-state index in [2.05, 4.69) is 21.0 Å². The van der Waals surface area contributed by atoms with Crippen molar-refractivity contribution in [1.29, 1.82) is 5.26 Å². The van der Waals surface area contributed by atoms with Crippen molar-refractivity contribution in [3.8, 4) is 23.0 Å². The Morgan fingerprint density at radius 2 is 1.86 bits per heavy atom. The summed E-state index contributed by atoms with van der Waals surface area (Å²) in [5.74, 6) is 0. The highest BCUT2D eigenvalue weighted by atomic mass is 32.2. The van der Waals surface area contributed by atoms with Crippen LogP contribution >= 0.6 is 23.3 Å². The molecule has 0 aliphatic rings. The van der Waals surface area contributed by atoms with Crippen LogP contribution in [-0.4, -0.2) is 26.6 Å². The molecule has 0 saturated carbocycles. The number of thioether (sulfide) groups is 1. The molecule has 2 heterocycles. The van der Waals surface area contributed by atoms with Crippen LogP contribution in [0.15, 0.2) is 77.0 Å². The molecule has 6 nitrogen and oxygen atoms in total. The summed E-state index contributed by atoms with van der Waals surface area (Å²) in [6.07, 6.45) is 5.55. The molecule has 0 aliphatic carbocycles. The van der Waals surface area contributed by atoms with Gasteiger partial charge < -0.3 is 0 Å². The Kier molecular flexibility index (Phi) is 5.70. The second-order valence-electron chi connectivity index (χ2n) is 5.96. The average molecular weight is 417 g/mol. The summed E-state index contributed by atoms with van der Waals surface area (Å²) in [5.41, 5.74) is 7.13. The van der Waals surface area contributed by atoms with Gasteiger partial charge in [0.2, 0.25) is 0 Å². The molecular weight excluding hydrogens is 400 g/mol. The lowest BCUT2D eigenvalue weighted by Crippen LogP contribution is -1.93. The molecule has 0 spiro atoms. The van der Waals surface area contributed by atoms with E-state index in [9.17, 15) is 5.26 Å². The molecular formula is C21H16N6S2. The van der Waals surface area contributed by atoms with E-state index >= 15 is 0 Å². The van der Waals surface area contributed by atoms with Crippen LogP contribution < -0.4 is 5.43 Å². The first-order chi connectivity index (χ1) is 14.3. The summed E-state index contributed by atoms with van der Waals surface area (Å²) in [6.45, 7) is 0. The molecule has 0 fully saturated rings. The highest BCUT2D eigenvalue weighted by molar-refractivity contribution is 7.98. The summed E-state index contributed by atoms with van der Waals surface area (Å²) in [4.78, 5) is 0. The van der Waals surface area contributed by atoms with Gasteiger partial charge in [-0.05, 0) is 29.9 Å². The number of anilines is 1. The molecule has 0 aliphatic heterocycles. The molecule has 0 saturated heterocycles. The molecule has 8 heteroatoms. The number of hydrogen-bond donors (Lipinski definition) is 1. The number of hydrogen-bond acceptors (Lipinski definition) is 7. The van der Waals surface area contributed by atoms with Gasteiger partial charge in [-0.2, -0.15) is 19.8 Å². The number of nitrogens with one attached hydrogen (secondary N) is 1. The van der Waals surface area contributed by atoms with Crippen LogP contribution in [0.25, 0.3) is 16.9 Å². The lowest BCUT2D eigenvalue weighted by Gasteiger charge is -2.00. The normalized spacial score (nSPS) is 10.9. The average Bonchev–Trinajstić information content (AvgIpc) is 3.39. The van der Waals surface area contributed by atoms with Crippen LogP contribution in [0.1, 0.15) is 11.1 Å². The third-order valence-electron chi connectivity index (χ3n) is 4.15. The number of benzene rings is 2. The Bertz CT molecular complexity index is 1170. The van der Waals surface area contributed by atoms with E-state index in [-0.39, 0.29) is 0 Å². The molecule has 1 N–H and O–H groups in total. The van der Waals surface area contributed by atoms with Crippen molar-refractivity contribution in [2.75, 3.05) is 11.7 Å². The molecule has 4 rings (SSSR count). The van der Waals surface area contributed by atoms with Gasteiger partial charge in [0.05, 0.1) is 11.9 Å². The van der Waals surface area contributed by atoms with Crippen molar-refractivity contribution in [2.24, 2.45) is 5.10 Å². The number of rotatable bonds is 6. The maximum atomic E-state index is 9.36. The number of nitrogens with zero attached hydrogens (tertiary/aromatic N) is 5. The van der Waals surface area contributed by atoms with Gasteiger partial charge in [-0.25, -0.2) is 4.68 Å². The maximum Gasteiger partial charge on any atom is 0.148 e. The van der Waals surface area contributed by atoms with Crippen molar-refractivity contribution < 1.29 is 0 Å². The molecule has 29 heavy (non-hydrogen) atoms. The zero-order chi connectivity index (χ0) is 20.1. The minimum absolute atomic E-state index is 0.517. The lowest BCUT2D eigenvalue weighted by molar-refractivity contribution is 0.884. The predicted molar refractivity (Wildman–Crippen MR) is 119 cm³/mol. The van der Waals surface area contributed by atoms with Gasteiger partial charge in [0, 0.05) is 17.3 Å². The van der Waals surface area contributed by atoms with E-state index < -0.39 is 0 Å². The Hall–Kier alpha value is -3.41. The number of para-hydroxylation sites is 1. The van der Waals surface area contributed by atoms with Gasteiger partial charge in [-0.3, -0.25) is 5.43 Å². The van der Waals surface area contributed by atoms with E-state index in [4.69, 9.17) is 5.10 Å². The number of hydrazone groups is 1. The number of aromatic nitrogens is 3. The van der Waals surface area contributed by atoms with Crippen LogP contribution in [0, 0.1) is 11.3 Å². The van der Waals surface area contributed by atoms with Gasteiger partial charge in [-0.15, -0.1) is 11.8 Å². The lowest BCUT2D eigenvalue weighted by atomic mass is 10.1. The van der Waals surface area contributed by atoms with Gasteiger partial charge in [0.1, 0.15) is 27.4 Å². The third-order valence-corrected chi connectivity index (χ3v) is 5.70. The van der Waals surface area contributed by atoms with Crippen molar-refractivity contribution in [3.05, 3.63) is 78.0 Å². The second kappa shape index (κ2) is 8.73. The minimum Gasteiger partial charge on any atom is -0.266 e. The fraction of sp³-hybridized carbons (Fsp3) is 0.0476. The number of nitriles is 1. The largest absolute Gasteiger partial charge is 0.266 e. The fourth-order valence-electron chi connectivity index (χ4n) is 2.77. The van der Waals surface area contributed by atoms with E-state index in [1.54, 1.807) is 6.21 Å². The van der Waals surface area contributed by atoms with Crippen molar-refractivity contribution >= 4 is 34.5 Å². The molecule has 0 radical (unpaired) electrons. The van der Waals surface area contributed by atoms with Crippen molar-refractivity contribution in [3.63, 3.8) is 0 Å². The summed E-state index contributed by atoms with van der Waals surface area (Å²) in [5, 5.41) is 19.8. The molecule has 2 aromatic carbocycles.